The van der Waals surface area contributed by atoms with Crippen molar-refractivity contribution in [3.8, 4) is 0 Å². The molecule has 8 heteroatoms. The van der Waals surface area contributed by atoms with Crippen molar-refractivity contribution in [1.29, 1.82) is 0 Å². The quantitative estimate of drug-likeness (QED) is 0.361. The van der Waals surface area contributed by atoms with Crippen LogP contribution in [0.15, 0.2) is 0 Å². The van der Waals surface area contributed by atoms with E-state index in [1.807, 2.05) is 0 Å². The van der Waals surface area contributed by atoms with Crippen LogP contribution in [0.1, 0.15) is 12.8 Å². The zero-order valence-corrected chi connectivity index (χ0v) is 6.47. The van der Waals surface area contributed by atoms with Gasteiger partial charge in [-0.1, -0.05) is 5.06 Å². The molecule has 13 heavy (non-hydrogen) atoms. The van der Waals surface area contributed by atoms with E-state index in [9.17, 15) is 14.4 Å². The largest absolute Gasteiger partial charge is 0.531 e. The second-order valence-corrected chi connectivity index (χ2v) is 1.94. The molecule has 1 rings (SSSR count). The van der Waals surface area contributed by atoms with Crippen molar-refractivity contribution < 1.29 is 29.5 Å². The number of carbonyl (C=O) groups is 3. The van der Waals surface area contributed by atoms with Gasteiger partial charge in [-0.25, -0.2) is 10.7 Å². The maximum absolute atomic E-state index is 10.6. The molecule has 4 N–H and O–H groups in total. The number of carbonyl (C=O) groups excluding carboxylic acids is 2. The van der Waals surface area contributed by atoms with Crippen molar-refractivity contribution >= 4 is 18.0 Å². The van der Waals surface area contributed by atoms with Crippen molar-refractivity contribution in [2.75, 3.05) is 0 Å². The van der Waals surface area contributed by atoms with Crippen LogP contribution in [0, 0.1) is 0 Å². The Kier molecular flexibility index (Phi) is 4.41. The molecule has 0 radical (unpaired) electrons. The SMILES string of the molecule is NO.O=C(O)ON1C(=O)CCC1=O. The summed E-state index contributed by atoms with van der Waals surface area (Å²) in [7, 11) is 0. The molecule has 0 aromatic heterocycles. The van der Waals surface area contributed by atoms with Crippen molar-refractivity contribution in [1.82, 2.24) is 5.06 Å². The normalized spacial score (nSPS) is 15.1. The van der Waals surface area contributed by atoms with Crippen LogP contribution in [0.3, 0.4) is 0 Å². The van der Waals surface area contributed by atoms with Gasteiger partial charge in [0, 0.05) is 12.8 Å². The van der Waals surface area contributed by atoms with Crippen LogP contribution in [0.5, 0.6) is 0 Å². The molecule has 0 atom stereocenters. The van der Waals surface area contributed by atoms with Gasteiger partial charge >= 0.3 is 6.16 Å². The minimum atomic E-state index is -1.66. The monoisotopic (exact) mass is 192 g/mol. The van der Waals surface area contributed by atoms with Gasteiger partial charge in [0.05, 0.1) is 0 Å². The summed E-state index contributed by atoms with van der Waals surface area (Å²) in [6.07, 6.45) is -1.62. The van der Waals surface area contributed by atoms with Crippen molar-refractivity contribution in [3.63, 3.8) is 0 Å². The predicted octanol–water partition coefficient (Wildman–Crippen LogP) is -0.921. The van der Waals surface area contributed by atoms with E-state index in [1.165, 1.54) is 0 Å². The Balaban J connectivity index is 0.000000671. The van der Waals surface area contributed by atoms with Gasteiger partial charge < -0.3 is 10.3 Å². The van der Waals surface area contributed by atoms with Crippen LogP contribution < -0.4 is 5.90 Å². The van der Waals surface area contributed by atoms with Crippen LogP contribution >= 0.6 is 0 Å². The Bertz CT molecular complexity index is 211. The first kappa shape index (κ1) is 11.3. The van der Waals surface area contributed by atoms with Crippen molar-refractivity contribution in [2.45, 2.75) is 12.8 Å². The number of rotatable bonds is 1. The molecular weight excluding hydrogens is 184 g/mol. The minimum absolute atomic E-state index is 0.0200. The molecule has 1 saturated heterocycles. The standard InChI is InChI=1S/C5H5NO5.H3NO/c7-3-1-2-4(8)6(3)11-5(9)10;1-2/h1-2H2,(H,9,10);2H,1H2. The lowest BCUT2D eigenvalue weighted by atomic mass is 10.4. The molecule has 0 unspecified atom stereocenters. The van der Waals surface area contributed by atoms with Crippen LogP contribution in [-0.2, 0) is 14.4 Å². The highest BCUT2D eigenvalue weighted by Gasteiger charge is 2.32. The summed E-state index contributed by atoms with van der Waals surface area (Å²) in [5, 5.41) is 14.8. The Morgan fingerprint density at radius 2 is 1.69 bits per heavy atom. The number of amides is 2. The third kappa shape index (κ3) is 3.05. The van der Waals surface area contributed by atoms with Gasteiger partial charge in [-0.15, -0.1) is 0 Å². The molecule has 1 aliphatic rings. The molecule has 1 aliphatic heterocycles. The summed E-state index contributed by atoms with van der Waals surface area (Å²) in [4.78, 5) is 35.0. The molecule has 1 heterocycles. The van der Waals surface area contributed by atoms with Gasteiger partial charge in [0.15, 0.2) is 0 Å². The maximum Gasteiger partial charge on any atom is 0.531 e. The smallest absolute Gasteiger partial charge is 0.448 e. The number of hydrogen-bond acceptors (Lipinski definition) is 6. The molecule has 0 spiro atoms. The Labute approximate surface area is 72.4 Å². The van der Waals surface area contributed by atoms with E-state index in [2.05, 4.69) is 10.7 Å². The van der Waals surface area contributed by atoms with E-state index in [-0.39, 0.29) is 17.9 Å². The van der Waals surface area contributed by atoms with Crippen LogP contribution in [0.25, 0.3) is 0 Å². The second kappa shape index (κ2) is 5.06. The third-order valence-corrected chi connectivity index (χ3v) is 1.18. The van der Waals surface area contributed by atoms with E-state index < -0.39 is 18.0 Å². The summed E-state index contributed by atoms with van der Waals surface area (Å²) in [5.41, 5.74) is 0. The Morgan fingerprint density at radius 1 is 1.31 bits per heavy atom. The van der Waals surface area contributed by atoms with E-state index >= 15 is 0 Å². The molecule has 2 amide bonds. The van der Waals surface area contributed by atoms with Gasteiger partial charge in [0.25, 0.3) is 11.8 Å². The van der Waals surface area contributed by atoms with Gasteiger partial charge in [0.1, 0.15) is 0 Å². The highest BCUT2D eigenvalue weighted by Crippen LogP contribution is 2.11. The fraction of sp³-hybridized carbons (Fsp3) is 0.400. The summed E-state index contributed by atoms with van der Waals surface area (Å²) in [5.74, 6) is 2.27. The van der Waals surface area contributed by atoms with E-state index in [4.69, 9.17) is 10.3 Å². The van der Waals surface area contributed by atoms with Gasteiger partial charge in [-0.05, 0) is 0 Å². The summed E-state index contributed by atoms with van der Waals surface area (Å²) < 4.78 is 0. The number of nitrogens with zero attached hydrogens (tertiary/aromatic N) is 1. The summed E-state index contributed by atoms with van der Waals surface area (Å²) >= 11 is 0. The first-order valence-corrected chi connectivity index (χ1v) is 3.14. The van der Waals surface area contributed by atoms with E-state index in [1.54, 1.807) is 0 Å². The van der Waals surface area contributed by atoms with Crippen molar-refractivity contribution in [3.05, 3.63) is 0 Å². The fourth-order valence-electron chi connectivity index (χ4n) is 0.736. The molecule has 8 nitrogen and oxygen atoms in total. The molecule has 0 aromatic rings. The van der Waals surface area contributed by atoms with Gasteiger partial charge in [-0.3, -0.25) is 14.4 Å². The lowest BCUT2D eigenvalue weighted by Crippen LogP contribution is -2.31. The second-order valence-electron chi connectivity index (χ2n) is 1.94. The number of hydrogen-bond donors (Lipinski definition) is 3. The lowest BCUT2D eigenvalue weighted by Gasteiger charge is -2.08. The number of hydroxylamine groups is 2. The van der Waals surface area contributed by atoms with E-state index in [0.29, 0.717) is 0 Å². The minimum Gasteiger partial charge on any atom is -0.448 e. The van der Waals surface area contributed by atoms with E-state index in [0.717, 1.165) is 0 Å². The molecule has 0 aliphatic carbocycles. The topological polar surface area (TPSA) is 130 Å². The first-order valence-electron chi connectivity index (χ1n) is 3.14. The summed E-state index contributed by atoms with van der Waals surface area (Å²) in [6, 6.07) is 0. The Hall–Kier alpha value is -1.67. The zero-order chi connectivity index (χ0) is 10.4. The number of imide groups is 1. The number of nitrogens with two attached hydrogens (primary N) is 1. The van der Waals surface area contributed by atoms with Gasteiger partial charge in [-0.2, -0.15) is 0 Å². The highest BCUT2D eigenvalue weighted by atomic mass is 16.8. The summed E-state index contributed by atoms with van der Waals surface area (Å²) in [6.45, 7) is 0. The van der Waals surface area contributed by atoms with Gasteiger partial charge in [0.2, 0.25) is 0 Å². The molecule has 1 fully saturated rings. The number of carboxylic acid groups (broad SMARTS) is 1. The van der Waals surface area contributed by atoms with Crippen LogP contribution in [0.4, 0.5) is 4.79 Å². The molecule has 0 saturated carbocycles. The van der Waals surface area contributed by atoms with Crippen LogP contribution in [0.2, 0.25) is 0 Å². The first-order chi connectivity index (χ1) is 6.11. The Morgan fingerprint density at radius 3 is 2.00 bits per heavy atom. The average Bonchev–Trinajstić information content (AvgIpc) is 2.39. The zero-order valence-electron chi connectivity index (χ0n) is 6.47. The maximum atomic E-state index is 10.6. The third-order valence-electron chi connectivity index (χ3n) is 1.18. The highest BCUT2D eigenvalue weighted by molar-refractivity contribution is 6.01. The fourth-order valence-corrected chi connectivity index (χ4v) is 0.736. The predicted molar refractivity (Wildman–Crippen MR) is 36.2 cm³/mol. The average molecular weight is 192 g/mol. The molecular formula is C5H8N2O6. The molecule has 0 aromatic carbocycles. The van der Waals surface area contributed by atoms with Crippen molar-refractivity contribution in [2.24, 2.45) is 5.90 Å². The lowest BCUT2D eigenvalue weighted by molar-refractivity contribution is -0.175. The van der Waals surface area contributed by atoms with Crippen LogP contribution in [-0.4, -0.2) is 33.3 Å². The molecule has 0 bridgehead atoms. The molecule has 74 valence electrons.